The van der Waals surface area contributed by atoms with Gasteiger partial charge in [0.05, 0.1) is 17.6 Å². The Kier molecular flexibility index (Phi) is 5.95. The number of carbonyl (C=O) groups is 1. The van der Waals surface area contributed by atoms with Gasteiger partial charge in [0.25, 0.3) is 0 Å². The van der Waals surface area contributed by atoms with Gasteiger partial charge in [0.15, 0.2) is 16.8 Å². The Morgan fingerprint density at radius 1 is 1.16 bits per heavy atom. The highest BCUT2D eigenvalue weighted by molar-refractivity contribution is 7.99. The first kappa shape index (κ1) is 20.9. The van der Waals surface area contributed by atoms with E-state index >= 15 is 0 Å². The topological polar surface area (TPSA) is 65.8 Å². The number of allylic oxidation sites excluding steroid dienone is 1. The van der Waals surface area contributed by atoms with Gasteiger partial charge in [-0.05, 0) is 45.0 Å². The van der Waals surface area contributed by atoms with Crippen molar-refractivity contribution < 1.29 is 9.21 Å². The molecular formula is C24H24N4O2S. The van der Waals surface area contributed by atoms with E-state index in [2.05, 4.69) is 21.3 Å². The summed E-state index contributed by atoms with van der Waals surface area (Å²) in [7, 11) is 0. The Morgan fingerprint density at radius 2 is 1.94 bits per heavy atom. The lowest BCUT2D eigenvalue weighted by molar-refractivity contribution is 0.102. The number of aryl methyl sites for hydroxylation is 2. The van der Waals surface area contributed by atoms with Crippen LogP contribution < -0.4 is 0 Å². The highest BCUT2D eigenvalue weighted by atomic mass is 32.2. The average Bonchev–Trinajstić information content (AvgIpc) is 3.46. The first-order valence-corrected chi connectivity index (χ1v) is 11.0. The Hall–Kier alpha value is -3.32. The van der Waals surface area contributed by atoms with Crippen molar-refractivity contribution in [2.45, 2.75) is 32.5 Å². The number of hydrogen-bond acceptors (Lipinski definition) is 5. The number of para-hydroxylation sites is 1. The predicted octanol–water partition coefficient (Wildman–Crippen LogP) is 5.42. The normalized spacial score (nSPS) is 11.1. The van der Waals surface area contributed by atoms with Crippen molar-refractivity contribution in [1.82, 2.24) is 19.3 Å². The van der Waals surface area contributed by atoms with Crippen molar-refractivity contribution in [1.29, 1.82) is 0 Å². The molecule has 0 unspecified atom stereocenters. The minimum Gasteiger partial charge on any atom is -0.469 e. The van der Waals surface area contributed by atoms with Gasteiger partial charge >= 0.3 is 0 Å². The van der Waals surface area contributed by atoms with E-state index in [9.17, 15) is 4.79 Å². The van der Waals surface area contributed by atoms with Gasteiger partial charge in [-0.15, -0.1) is 16.8 Å². The van der Waals surface area contributed by atoms with Crippen molar-refractivity contribution in [3.05, 3.63) is 84.1 Å². The Morgan fingerprint density at radius 3 is 2.61 bits per heavy atom. The van der Waals surface area contributed by atoms with Crippen LogP contribution in [0.25, 0.3) is 17.1 Å². The summed E-state index contributed by atoms with van der Waals surface area (Å²) < 4.78 is 9.53. The molecule has 1 aromatic carbocycles. The average molecular weight is 433 g/mol. The van der Waals surface area contributed by atoms with Crippen LogP contribution in [0.4, 0.5) is 0 Å². The summed E-state index contributed by atoms with van der Waals surface area (Å²) in [6.07, 6.45) is 3.48. The van der Waals surface area contributed by atoms with E-state index in [1.165, 1.54) is 11.8 Å². The molecular weight excluding hydrogens is 408 g/mol. The summed E-state index contributed by atoms with van der Waals surface area (Å²) in [5.41, 5.74) is 4.56. The standard InChI is InChI=1S/C24H24N4O2S/c1-5-12-27-16(2)14-21(17(27)3)22(29)15-31-24-26-25-23(20-11-13-30-18(20)4)28(24)19-9-7-6-8-10-19/h5-11,13-14H,1,12,15H2,2-4H3. The molecule has 0 fully saturated rings. The third-order valence-corrected chi connectivity index (χ3v) is 6.19. The Labute approximate surface area is 185 Å². The number of aromatic nitrogens is 4. The van der Waals surface area contributed by atoms with Gasteiger partial charge in [-0.2, -0.15) is 0 Å². The maximum atomic E-state index is 13.0. The molecule has 31 heavy (non-hydrogen) atoms. The summed E-state index contributed by atoms with van der Waals surface area (Å²) in [6, 6.07) is 13.7. The summed E-state index contributed by atoms with van der Waals surface area (Å²) in [5, 5.41) is 9.47. The first-order valence-electron chi connectivity index (χ1n) is 10.00. The maximum absolute atomic E-state index is 13.0. The lowest BCUT2D eigenvalue weighted by Gasteiger charge is -2.10. The largest absolute Gasteiger partial charge is 0.469 e. The van der Waals surface area contributed by atoms with Crippen LogP contribution in [0.1, 0.15) is 27.5 Å². The Bertz CT molecular complexity index is 1230. The van der Waals surface area contributed by atoms with Crippen LogP contribution >= 0.6 is 11.8 Å². The van der Waals surface area contributed by atoms with Gasteiger partial charge in [-0.1, -0.05) is 36.0 Å². The van der Waals surface area contributed by atoms with E-state index in [1.807, 2.05) is 73.9 Å². The molecule has 0 aliphatic rings. The SMILES string of the molecule is C=CCn1c(C)cc(C(=O)CSc2nnc(-c3ccoc3C)n2-c2ccccc2)c1C. The van der Waals surface area contributed by atoms with E-state index in [0.717, 1.165) is 34.0 Å². The van der Waals surface area contributed by atoms with Crippen LogP contribution in [0, 0.1) is 20.8 Å². The fraction of sp³-hybridized carbons (Fsp3) is 0.208. The van der Waals surface area contributed by atoms with Gasteiger partial charge in [0.2, 0.25) is 0 Å². The molecule has 3 aromatic heterocycles. The number of Topliss-reactive ketones (excluding diaryl/α,β-unsaturated/α-hetero) is 1. The molecule has 0 atom stereocenters. The van der Waals surface area contributed by atoms with Crippen LogP contribution in [-0.2, 0) is 6.54 Å². The van der Waals surface area contributed by atoms with Gasteiger partial charge in [-0.3, -0.25) is 9.36 Å². The molecule has 6 nitrogen and oxygen atoms in total. The van der Waals surface area contributed by atoms with Gasteiger partial charge < -0.3 is 8.98 Å². The van der Waals surface area contributed by atoms with Crippen LogP contribution in [0.15, 0.2) is 71.0 Å². The monoisotopic (exact) mass is 432 g/mol. The number of ketones is 1. The molecule has 0 amide bonds. The molecule has 4 aromatic rings. The number of hydrogen-bond donors (Lipinski definition) is 0. The Balaban J connectivity index is 1.65. The van der Waals surface area contributed by atoms with Crippen LogP contribution in [-0.4, -0.2) is 30.9 Å². The molecule has 0 radical (unpaired) electrons. The quantitative estimate of drug-likeness (QED) is 0.211. The van der Waals surface area contributed by atoms with E-state index in [0.29, 0.717) is 17.5 Å². The summed E-state index contributed by atoms with van der Waals surface area (Å²) in [5.74, 6) is 1.80. The van der Waals surface area contributed by atoms with Crippen molar-refractivity contribution in [3.8, 4) is 17.1 Å². The molecule has 0 aliphatic carbocycles. The second-order valence-electron chi connectivity index (χ2n) is 7.26. The highest BCUT2D eigenvalue weighted by Gasteiger charge is 2.21. The lowest BCUT2D eigenvalue weighted by atomic mass is 10.2. The lowest BCUT2D eigenvalue weighted by Crippen LogP contribution is -2.07. The smallest absolute Gasteiger partial charge is 0.196 e. The van der Waals surface area contributed by atoms with Crippen molar-refractivity contribution in [2.75, 3.05) is 5.75 Å². The summed E-state index contributed by atoms with van der Waals surface area (Å²) >= 11 is 1.39. The predicted molar refractivity (Wildman–Crippen MR) is 123 cm³/mol. The molecule has 3 heterocycles. The molecule has 0 N–H and O–H groups in total. The maximum Gasteiger partial charge on any atom is 0.196 e. The number of thioether (sulfide) groups is 1. The summed E-state index contributed by atoms with van der Waals surface area (Å²) in [4.78, 5) is 13.0. The van der Waals surface area contributed by atoms with Crippen LogP contribution in [0.2, 0.25) is 0 Å². The zero-order valence-corrected chi connectivity index (χ0v) is 18.6. The molecule has 0 aliphatic heterocycles. The molecule has 0 saturated carbocycles. The molecule has 0 spiro atoms. The van der Waals surface area contributed by atoms with Crippen molar-refractivity contribution in [3.63, 3.8) is 0 Å². The third kappa shape index (κ3) is 4.01. The highest BCUT2D eigenvalue weighted by Crippen LogP contribution is 2.30. The number of rotatable bonds is 8. The second-order valence-corrected chi connectivity index (χ2v) is 8.21. The third-order valence-electron chi connectivity index (χ3n) is 5.27. The number of carbonyl (C=O) groups excluding carboxylic acids is 1. The van der Waals surface area contributed by atoms with E-state index in [4.69, 9.17) is 4.42 Å². The second kappa shape index (κ2) is 8.81. The van der Waals surface area contributed by atoms with E-state index < -0.39 is 0 Å². The van der Waals surface area contributed by atoms with Crippen molar-refractivity contribution in [2.24, 2.45) is 0 Å². The minimum absolute atomic E-state index is 0.0667. The van der Waals surface area contributed by atoms with Gasteiger partial charge in [0.1, 0.15) is 5.76 Å². The van der Waals surface area contributed by atoms with Crippen molar-refractivity contribution >= 4 is 17.5 Å². The van der Waals surface area contributed by atoms with Crippen LogP contribution in [0.5, 0.6) is 0 Å². The molecule has 158 valence electrons. The molecule has 0 saturated heterocycles. The number of nitrogens with zero attached hydrogens (tertiary/aromatic N) is 4. The fourth-order valence-electron chi connectivity index (χ4n) is 3.67. The zero-order valence-electron chi connectivity index (χ0n) is 17.8. The van der Waals surface area contributed by atoms with E-state index in [1.54, 1.807) is 6.26 Å². The van der Waals surface area contributed by atoms with E-state index in [-0.39, 0.29) is 11.5 Å². The first-order chi connectivity index (χ1) is 15.0. The molecule has 4 rings (SSSR count). The fourth-order valence-corrected chi connectivity index (χ4v) is 4.50. The van der Waals surface area contributed by atoms with Gasteiger partial charge in [-0.25, -0.2) is 0 Å². The molecule has 7 heteroatoms. The number of furan rings is 1. The van der Waals surface area contributed by atoms with Gasteiger partial charge in [0, 0.05) is 29.2 Å². The zero-order chi connectivity index (χ0) is 22.0. The minimum atomic E-state index is 0.0667. The summed E-state index contributed by atoms with van der Waals surface area (Å²) in [6.45, 7) is 10.4. The van der Waals surface area contributed by atoms with Crippen LogP contribution in [0.3, 0.4) is 0 Å². The molecule has 0 bridgehead atoms. The number of benzene rings is 1.